The molecule has 0 spiro atoms. The van der Waals surface area contributed by atoms with Crippen molar-refractivity contribution in [2.75, 3.05) is 0 Å². The largest absolute Gasteiger partial charge is 0.285 e. The summed E-state index contributed by atoms with van der Waals surface area (Å²) in [5, 5.41) is 1.31. The first-order valence-electron chi connectivity index (χ1n) is 6.02. The van der Waals surface area contributed by atoms with Crippen molar-refractivity contribution < 1.29 is 0 Å². The molecule has 0 bridgehead atoms. The zero-order chi connectivity index (χ0) is 11.1. The monoisotopic (exact) mass is 214 g/mol. The molecule has 2 nitrogen and oxygen atoms in total. The van der Waals surface area contributed by atoms with Gasteiger partial charge in [-0.1, -0.05) is 12.8 Å². The first-order valence-corrected chi connectivity index (χ1v) is 6.02. The summed E-state index contributed by atoms with van der Waals surface area (Å²) >= 11 is 0. The van der Waals surface area contributed by atoms with Gasteiger partial charge in [-0.05, 0) is 48.9 Å². The molecule has 0 aliphatic heterocycles. The summed E-state index contributed by atoms with van der Waals surface area (Å²) in [6.07, 6.45) is 7.09. The van der Waals surface area contributed by atoms with Gasteiger partial charge in [0.2, 0.25) is 10.9 Å². The van der Waals surface area contributed by atoms with Gasteiger partial charge in [-0.3, -0.25) is 9.59 Å². The summed E-state index contributed by atoms with van der Waals surface area (Å²) in [7, 11) is 0. The van der Waals surface area contributed by atoms with E-state index >= 15 is 0 Å². The van der Waals surface area contributed by atoms with Gasteiger partial charge in [0, 0.05) is 10.8 Å². The molecular formula is C14H14O2. The minimum atomic E-state index is -0.292. The molecule has 0 heterocycles. The Morgan fingerprint density at radius 2 is 1.12 bits per heavy atom. The van der Waals surface area contributed by atoms with Crippen LogP contribution in [-0.2, 0) is 12.8 Å². The summed E-state index contributed by atoms with van der Waals surface area (Å²) in [6, 6.07) is 3.92. The molecule has 0 aromatic heterocycles. The summed E-state index contributed by atoms with van der Waals surface area (Å²) < 4.78 is 0. The van der Waals surface area contributed by atoms with Crippen molar-refractivity contribution in [2.45, 2.75) is 38.5 Å². The lowest BCUT2D eigenvalue weighted by molar-refractivity contribution is 0.617. The van der Waals surface area contributed by atoms with Crippen molar-refractivity contribution in [2.24, 2.45) is 0 Å². The van der Waals surface area contributed by atoms with Crippen molar-refractivity contribution in [1.82, 2.24) is 0 Å². The maximum Gasteiger partial charge on any atom is 0.234 e. The van der Waals surface area contributed by atoms with Gasteiger partial charge in [0.05, 0.1) is 0 Å². The number of benzene rings is 1. The summed E-state index contributed by atoms with van der Waals surface area (Å²) in [5.74, 6) is 0. The van der Waals surface area contributed by atoms with Crippen LogP contribution < -0.4 is 10.9 Å². The van der Waals surface area contributed by atoms with Crippen molar-refractivity contribution >= 4 is 10.8 Å². The predicted molar refractivity (Wildman–Crippen MR) is 64.7 cm³/mol. The molecule has 2 aromatic carbocycles. The van der Waals surface area contributed by atoms with Gasteiger partial charge < -0.3 is 0 Å². The van der Waals surface area contributed by atoms with E-state index in [4.69, 9.17) is 0 Å². The summed E-state index contributed by atoms with van der Waals surface area (Å²) in [6.45, 7) is 0. The normalized spacial score (nSPS) is 17.0. The standard InChI is InChI=1S/C14H14O2/c15-13-11-7-9-5-3-1-2-4-6-10(9)8-12(11)14(13)16/h7-8H,1-6H2. The smallest absolute Gasteiger partial charge is 0.234 e. The third kappa shape index (κ3) is 1.33. The Bertz CT molecular complexity index is 560. The molecule has 0 N–H and O–H groups in total. The zero-order valence-electron chi connectivity index (χ0n) is 9.21. The molecule has 0 saturated heterocycles. The van der Waals surface area contributed by atoms with Gasteiger partial charge in [-0.25, -0.2) is 0 Å². The Balaban J connectivity index is 2.17. The fourth-order valence-corrected chi connectivity index (χ4v) is 2.70. The lowest BCUT2D eigenvalue weighted by Crippen LogP contribution is -2.30. The van der Waals surface area contributed by atoms with Crippen molar-refractivity contribution in [3.63, 3.8) is 0 Å². The molecule has 0 amide bonds. The van der Waals surface area contributed by atoms with Crippen LogP contribution in [0.25, 0.3) is 10.8 Å². The maximum atomic E-state index is 11.3. The molecular weight excluding hydrogens is 200 g/mol. The average molecular weight is 214 g/mol. The van der Waals surface area contributed by atoms with Gasteiger partial charge >= 0.3 is 0 Å². The SMILES string of the molecule is O=c1c(=O)c2cc3c(cc12)CCCCCC3. The second-order valence-electron chi connectivity index (χ2n) is 4.74. The van der Waals surface area contributed by atoms with E-state index in [1.807, 2.05) is 12.1 Å². The van der Waals surface area contributed by atoms with Crippen LogP contribution >= 0.6 is 0 Å². The van der Waals surface area contributed by atoms with Crippen LogP contribution in [0.2, 0.25) is 0 Å². The fraction of sp³-hybridized carbons (Fsp3) is 0.429. The molecule has 3 rings (SSSR count). The van der Waals surface area contributed by atoms with Gasteiger partial charge in [-0.15, -0.1) is 0 Å². The average Bonchev–Trinajstić information content (AvgIpc) is 2.28. The third-order valence-corrected chi connectivity index (χ3v) is 3.68. The lowest BCUT2D eigenvalue weighted by Gasteiger charge is -2.15. The first-order chi connectivity index (χ1) is 7.77. The van der Waals surface area contributed by atoms with E-state index in [-0.39, 0.29) is 10.9 Å². The summed E-state index contributed by atoms with van der Waals surface area (Å²) in [4.78, 5) is 22.7. The third-order valence-electron chi connectivity index (χ3n) is 3.68. The highest BCUT2D eigenvalue weighted by Crippen LogP contribution is 2.23. The van der Waals surface area contributed by atoms with Crippen LogP contribution in [0.1, 0.15) is 36.8 Å². The van der Waals surface area contributed by atoms with Crippen molar-refractivity contribution in [3.8, 4) is 0 Å². The Kier molecular flexibility index (Phi) is 2.16. The molecule has 16 heavy (non-hydrogen) atoms. The minimum Gasteiger partial charge on any atom is -0.285 e. The minimum absolute atomic E-state index is 0.292. The second-order valence-corrected chi connectivity index (χ2v) is 4.74. The Labute approximate surface area is 93.6 Å². The molecule has 82 valence electrons. The van der Waals surface area contributed by atoms with E-state index in [2.05, 4.69) is 0 Å². The number of hydrogen-bond donors (Lipinski definition) is 0. The van der Waals surface area contributed by atoms with Crippen LogP contribution in [0.5, 0.6) is 0 Å². The molecule has 0 unspecified atom stereocenters. The number of hydrogen-bond acceptors (Lipinski definition) is 2. The summed E-state index contributed by atoms with van der Waals surface area (Å²) in [5.41, 5.74) is 2.00. The first kappa shape index (κ1) is 9.76. The van der Waals surface area contributed by atoms with E-state index in [0.717, 1.165) is 12.8 Å². The van der Waals surface area contributed by atoms with Crippen LogP contribution in [0, 0.1) is 0 Å². The second kappa shape index (κ2) is 3.55. The predicted octanol–water partition coefficient (Wildman–Crippen LogP) is 2.09. The molecule has 0 saturated carbocycles. The Morgan fingerprint density at radius 3 is 1.56 bits per heavy atom. The van der Waals surface area contributed by atoms with Gasteiger partial charge in [0.25, 0.3) is 0 Å². The topological polar surface area (TPSA) is 34.1 Å². The Morgan fingerprint density at radius 1 is 0.688 bits per heavy atom. The van der Waals surface area contributed by atoms with E-state index < -0.39 is 0 Å². The van der Waals surface area contributed by atoms with Crippen LogP contribution in [0.15, 0.2) is 21.7 Å². The Hall–Kier alpha value is -1.44. The van der Waals surface area contributed by atoms with Crippen LogP contribution in [0.3, 0.4) is 0 Å². The molecule has 1 aliphatic rings. The molecule has 0 radical (unpaired) electrons. The van der Waals surface area contributed by atoms with Crippen molar-refractivity contribution in [3.05, 3.63) is 43.7 Å². The molecule has 2 aromatic rings. The zero-order valence-corrected chi connectivity index (χ0v) is 9.21. The molecule has 0 fully saturated rings. The molecule has 1 aliphatic carbocycles. The van der Waals surface area contributed by atoms with Gasteiger partial charge in [0.1, 0.15) is 0 Å². The molecule has 0 atom stereocenters. The lowest BCUT2D eigenvalue weighted by atomic mass is 9.89. The number of aryl methyl sites for hydroxylation is 2. The number of fused-ring (bicyclic) bond motifs is 2. The maximum absolute atomic E-state index is 11.3. The van der Waals surface area contributed by atoms with Crippen molar-refractivity contribution in [1.29, 1.82) is 0 Å². The van der Waals surface area contributed by atoms with E-state index in [1.54, 1.807) is 0 Å². The van der Waals surface area contributed by atoms with Gasteiger partial charge in [0.15, 0.2) is 0 Å². The van der Waals surface area contributed by atoms with E-state index in [0.29, 0.717) is 10.8 Å². The van der Waals surface area contributed by atoms with Gasteiger partial charge in [-0.2, -0.15) is 0 Å². The fourth-order valence-electron chi connectivity index (χ4n) is 2.70. The highest BCUT2D eigenvalue weighted by atomic mass is 16.2. The highest BCUT2D eigenvalue weighted by molar-refractivity contribution is 5.88. The van der Waals surface area contributed by atoms with E-state index in [1.165, 1.54) is 36.8 Å². The quantitative estimate of drug-likeness (QED) is 0.629. The number of rotatable bonds is 0. The highest BCUT2D eigenvalue weighted by Gasteiger charge is 2.16. The van der Waals surface area contributed by atoms with Crippen LogP contribution in [-0.4, -0.2) is 0 Å². The van der Waals surface area contributed by atoms with E-state index in [9.17, 15) is 9.59 Å². The van der Waals surface area contributed by atoms with Crippen LogP contribution in [0.4, 0.5) is 0 Å². The molecule has 2 heteroatoms.